The number of hydrogen-bond acceptors (Lipinski definition) is 3. The molecule has 0 saturated heterocycles. The van der Waals surface area contributed by atoms with E-state index in [4.69, 9.17) is 9.57 Å². The van der Waals surface area contributed by atoms with Crippen molar-refractivity contribution >= 4 is 0 Å². The Bertz CT molecular complexity index is 581. The molecule has 0 aromatic heterocycles. The van der Waals surface area contributed by atoms with Gasteiger partial charge in [0.1, 0.15) is 11.9 Å². The number of hydrogen-bond donors (Lipinski definition) is 1. The molecule has 20 heavy (non-hydrogen) atoms. The summed E-state index contributed by atoms with van der Waals surface area (Å²) < 4.78 is 5.49. The van der Waals surface area contributed by atoms with Crippen molar-refractivity contribution in [2.24, 2.45) is 0 Å². The number of benzene rings is 2. The van der Waals surface area contributed by atoms with E-state index in [1.165, 1.54) is 11.1 Å². The van der Waals surface area contributed by atoms with Gasteiger partial charge < -0.3 is 4.74 Å². The minimum atomic E-state index is -0.0197. The van der Waals surface area contributed by atoms with Crippen molar-refractivity contribution in [3.05, 3.63) is 53.6 Å². The summed E-state index contributed by atoms with van der Waals surface area (Å²) in [5.74, 6) is 0.875. The zero-order chi connectivity index (χ0) is 14.5. The summed E-state index contributed by atoms with van der Waals surface area (Å²) in [6.45, 7) is 4.12. The van der Waals surface area contributed by atoms with Crippen molar-refractivity contribution < 1.29 is 9.57 Å². The van der Waals surface area contributed by atoms with Crippen LogP contribution in [0.5, 0.6) is 5.75 Å². The predicted octanol–water partition coefficient (Wildman–Crippen LogP) is 3.88. The molecule has 1 unspecified atom stereocenters. The summed E-state index contributed by atoms with van der Waals surface area (Å²) >= 11 is 0. The van der Waals surface area contributed by atoms with Gasteiger partial charge in [-0.3, -0.25) is 4.84 Å². The fraction of sp³-hybridized carbons (Fsp3) is 0.294. The van der Waals surface area contributed by atoms with E-state index < -0.39 is 0 Å². The van der Waals surface area contributed by atoms with Crippen LogP contribution in [0.25, 0.3) is 11.1 Å². The summed E-state index contributed by atoms with van der Waals surface area (Å²) in [4.78, 5) is 5.43. The van der Waals surface area contributed by atoms with Crippen LogP contribution in [0.3, 0.4) is 0 Å². The molecular formula is C17H21NO2. The average Bonchev–Trinajstić information content (AvgIpc) is 2.47. The van der Waals surface area contributed by atoms with Crippen molar-refractivity contribution in [2.75, 3.05) is 14.2 Å². The lowest BCUT2D eigenvalue weighted by Crippen LogP contribution is -2.11. The Kier molecular flexibility index (Phi) is 4.77. The van der Waals surface area contributed by atoms with Crippen LogP contribution in [0.15, 0.2) is 42.5 Å². The maximum Gasteiger partial charge on any atom is 0.126 e. The molecule has 0 heterocycles. The van der Waals surface area contributed by atoms with Crippen LogP contribution in [0.1, 0.15) is 24.2 Å². The highest BCUT2D eigenvalue weighted by Gasteiger charge is 2.12. The van der Waals surface area contributed by atoms with Gasteiger partial charge in [0.15, 0.2) is 0 Å². The Morgan fingerprint density at radius 2 is 1.80 bits per heavy atom. The lowest BCUT2D eigenvalue weighted by Gasteiger charge is -2.16. The summed E-state index contributed by atoms with van der Waals surface area (Å²) in [5.41, 5.74) is 7.35. The zero-order valence-corrected chi connectivity index (χ0v) is 12.4. The van der Waals surface area contributed by atoms with Crippen LogP contribution in [0, 0.1) is 6.92 Å². The molecule has 0 aliphatic heterocycles. The van der Waals surface area contributed by atoms with Crippen LogP contribution in [0.4, 0.5) is 0 Å². The molecule has 0 bridgehead atoms. The van der Waals surface area contributed by atoms with Crippen LogP contribution >= 0.6 is 0 Å². The molecule has 0 radical (unpaired) electrons. The lowest BCUT2D eigenvalue weighted by molar-refractivity contribution is -0.00259. The Hall–Kier alpha value is -1.84. The molecule has 2 aromatic rings. The highest BCUT2D eigenvalue weighted by atomic mass is 16.7. The number of hydroxylamine groups is 1. The van der Waals surface area contributed by atoms with Crippen molar-refractivity contribution in [1.29, 1.82) is 0 Å². The largest absolute Gasteiger partial charge is 0.496 e. The molecule has 1 N–H and O–H groups in total. The molecule has 3 nitrogen and oxygen atoms in total. The lowest BCUT2D eigenvalue weighted by atomic mass is 9.96. The molecule has 1 atom stereocenters. The monoisotopic (exact) mass is 271 g/mol. The second-order valence-electron chi connectivity index (χ2n) is 4.74. The first-order chi connectivity index (χ1) is 9.67. The van der Waals surface area contributed by atoms with Crippen LogP contribution in [-0.2, 0) is 4.84 Å². The zero-order valence-electron chi connectivity index (χ0n) is 12.4. The Labute approximate surface area is 120 Å². The highest BCUT2D eigenvalue weighted by molar-refractivity contribution is 5.74. The van der Waals surface area contributed by atoms with Crippen molar-refractivity contribution in [2.45, 2.75) is 20.0 Å². The van der Waals surface area contributed by atoms with Gasteiger partial charge in [-0.05, 0) is 42.7 Å². The standard InChI is InChI=1S/C17H21NO2/c1-12-7-5-6-8-15(12)16-11-14(13(2)20-18-3)9-10-17(16)19-4/h5-11,13,18H,1-4H3. The minimum Gasteiger partial charge on any atom is -0.496 e. The quantitative estimate of drug-likeness (QED) is 0.837. The molecule has 0 aliphatic carbocycles. The Morgan fingerprint density at radius 3 is 2.45 bits per heavy atom. The van der Waals surface area contributed by atoms with Crippen LogP contribution < -0.4 is 10.2 Å². The Balaban J connectivity index is 2.50. The number of rotatable bonds is 5. The number of methoxy groups -OCH3 is 1. The van der Waals surface area contributed by atoms with Crippen molar-refractivity contribution in [1.82, 2.24) is 5.48 Å². The van der Waals surface area contributed by atoms with E-state index in [-0.39, 0.29) is 6.10 Å². The maximum absolute atomic E-state index is 5.49. The van der Waals surface area contributed by atoms with Crippen molar-refractivity contribution in [3.8, 4) is 16.9 Å². The molecule has 2 aromatic carbocycles. The van der Waals surface area contributed by atoms with Crippen LogP contribution in [0.2, 0.25) is 0 Å². The first-order valence-electron chi connectivity index (χ1n) is 6.73. The fourth-order valence-electron chi connectivity index (χ4n) is 2.31. The van der Waals surface area contributed by atoms with E-state index in [0.717, 1.165) is 16.9 Å². The van der Waals surface area contributed by atoms with Gasteiger partial charge in [0.25, 0.3) is 0 Å². The predicted molar refractivity (Wildman–Crippen MR) is 81.7 cm³/mol. The average molecular weight is 271 g/mol. The molecule has 0 saturated carbocycles. The Morgan fingerprint density at radius 1 is 1.05 bits per heavy atom. The minimum absolute atomic E-state index is 0.0197. The topological polar surface area (TPSA) is 30.5 Å². The molecule has 2 rings (SSSR count). The van der Waals surface area contributed by atoms with E-state index in [9.17, 15) is 0 Å². The van der Waals surface area contributed by atoms with Gasteiger partial charge in [0.05, 0.1) is 7.11 Å². The highest BCUT2D eigenvalue weighted by Crippen LogP contribution is 2.34. The second kappa shape index (κ2) is 6.55. The third-order valence-corrected chi connectivity index (χ3v) is 3.42. The van der Waals surface area contributed by atoms with Gasteiger partial charge in [-0.25, -0.2) is 5.48 Å². The second-order valence-corrected chi connectivity index (χ2v) is 4.74. The maximum atomic E-state index is 5.49. The smallest absolute Gasteiger partial charge is 0.126 e. The molecular weight excluding hydrogens is 250 g/mol. The first-order valence-corrected chi connectivity index (χ1v) is 6.73. The van der Waals surface area contributed by atoms with Crippen LogP contribution in [-0.4, -0.2) is 14.2 Å². The molecule has 0 amide bonds. The van der Waals surface area contributed by atoms with Gasteiger partial charge in [-0.2, -0.15) is 0 Å². The third-order valence-electron chi connectivity index (χ3n) is 3.42. The summed E-state index contributed by atoms with van der Waals surface area (Å²) in [6, 6.07) is 14.5. The molecule has 0 spiro atoms. The number of nitrogens with one attached hydrogen (secondary N) is 1. The summed E-state index contributed by atoms with van der Waals surface area (Å²) in [5, 5.41) is 0. The van der Waals surface area contributed by atoms with E-state index in [1.807, 2.05) is 31.2 Å². The van der Waals surface area contributed by atoms with E-state index in [1.54, 1.807) is 14.2 Å². The van der Waals surface area contributed by atoms with Gasteiger partial charge in [-0.1, -0.05) is 30.3 Å². The molecule has 0 aliphatic rings. The molecule has 106 valence electrons. The van der Waals surface area contributed by atoms with Gasteiger partial charge in [0, 0.05) is 12.6 Å². The van der Waals surface area contributed by atoms with E-state index in [0.29, 0.717) is 0 Å². The van der Waals surface area contributed by atoms with E-state index >= 15 is 0 Å². The number of aryl methyl sites for hydroxylation is 1. The van der Waals surface area contributed by atoms with Gasteiger partial charge in [-0.15, -0.1) is 0 Å². The molecule has 3 heteroatoms. The van der Waals surface area contributed by atoms with Gasteiger partial charge >= 0.3 is 0 Å². The SMILES string of the molecule is CNOC(C)c1ccc(OC)c(-c2ccccc2C)c1. The van der Waals surface area contributed by atoms with Gasteiger partial charge in [0.2, 0.25) is 0 Å². The summed E-state index contributed by atoms with van der Waals surface area (Å²) in [7, 11) is 3.46. The normalized spacial score (nSPS) is 12.2. The summed E-state index contributed by atoms with van der Waals surface area (Å²) in [6.07, 6.45) is -0.0197. The van der Waals surface area contributed by atoms with Crippen molar-refractivity contribution in [3.63, 3.8) is 0 Å². The number of ether oxygens (including phenoxy) is 1. The van der Waals surface area contributed by atoms with E-state index in [2.05, 4.69) is 30.6 Å². The molecule has 0 fully saturated rings. The first kappa shape index (κ1) is 14.6. The third kappa shape index (κ3) is 3.00. The fourth-order valence-corrected chi connectivity index (χ4v) is 2.31.